The summed E-state index contributed by atoms with van der Waals surface area (Å²) in [6.07, 6.45) is 0.922. The van der Waals surface area contributed by atoms with Crippen LogP contribution in [0.5, 0.6) is 0 Å². The molecule has 0 saturated carbocycles. The van der Waals surface area contributed by atoms with Crippen LogP contribution in [-0.2, 0) is 0 Å². The number of benzene rings is 2. The van der Waals surface area contributed by atoms with E-state index in [1.54, 1.807) is 0 Å². The summed E-state index contributed by atoms with van der Waals surface area (Å²) < 4.78 is 1.88. The summed E-state index contributed by atoms with van der Waals surface area (Å²) in [5.74, 6) is 0.727. The first-order chi connectivity index (χ1) is 10.8. The Bertz CT molecular complexity index is 763. The lowest BCUT2D eigenvalue weighted by Crippen LogP contribution is -2.28. The van der Waals surface area contributed by atoms with Crippen molar-refractivity contribution in [3.05, 3.63) is 71.3 Å². The molecular formula is C17H17N5. The first kappa shape index (κ1) is 13.0. The maximum atomic E-state index is 4.15. The molecule has 0 amide bonds. The quantitative estimate of drug-likeness (QED) is 0.788. The molecule has 0 unspecified atom stereocenters. The number of fused-ring (bicyclic) bond motifs is 1. The molecule has 0 radical (unpaired) electrons. The third-order valence-electron chi connectivity index (χ3n) is 4.21. The van der Waals surface area contributed by atoms with Crippen LogP contribution in [0.25, 0.3) is 0 Å². The Morgan fingerprint density at radius 1 is 1.00 bits per heavy atom. The second-order valence-electron chi connectivity index (χ2n) is 5.72. The molecule has 22 heavy (non-hydrogen) atoms. The van der Waals surface area contributed by atoms with E-state index in [4.69, 9.17) is 0 Å². The van der Waals surface area contributed by atoms with Crippen molar-refractivity contribution in [1.29, 1.82) is 0 Å². The number of aryl methyl sites for hydroxylation is 1. The molecule has 0 aliphatic carbocycles. The van der Waals surface area contributed by atoms with Crippen molar-refractivity contribution in [1.82, 2.24) is 20.2 Å². The SMILES string of the molecule is Cc1ccc([C@H]2C[C@@H](c3ccccc3)n3nnnc3N2)cc1. The lowest BCUT2D eigenvalue weighted by Gasteiger charge is -2.31. The number of aromatic nitrogens is 4. The topological polar surface area (TPSA) is 55.6 Å². The normalized spacial score (nSPS) is 20.2. The van der Waals surface area contributed by atoms with Gasteiger partial charge in [-0.1, -0.05) is 65.3 Å². The summed E-state index contributed by atoms with van der Waals surface area (Å²) >= 11 is 0. The maximum absolute atomic E-state index is 4.15. The van der Waals surface area contributed by atoms with Gasteiger partial charge in [0, 0.05) is 0 Å². The van der Waals surface area contributed by atoms with E-state index in [0.29, 0.717) is 0 Å². The van der Waals surface area contributed by atoms with Gasteiger partial charge in [-0.05, 0) is 34.9 Å². The molecule has 4 rings (SSSR count). The number of tetrazole rings is 1. The Hall–Kier alpha value is -2.69. The standard InChI is InChI=1S/C17H17N5/c1-12-7-9-13(10-8-12)15-11-16(14-5-3-2-4-6-14)22-17(18-15)19-20-21-22/h2-10,15-16H,11H2,1H3,(H,18,19,21)/t15-,16+/m1/s1. The molecule has 110 valence electrons. The monoisotopic (exact) mass is 291 g/mol. The highest BCUT2D eigenvalue weighted by Crippen LogP contribution is 2.36. The molecule has 5 nitrogen and oxygen atoms in total. The Balaban J connectivity index is 1.72. The van der Waals surface area contributed by atoms with Crippen LogP contribution < -0.4 is 5.32 Å². The largest absolute Gasteiger partial charge is 0.346 e. The van der Waals surface area contributed by atoms with Gasteiger partial charge in [-0.25, -0.2) is 4.68 Å². The van der Waals surface area contributed by atoms with Gasteiger partial charge in [0.1, 0.15) is 0 Å². The zero-order chi connectivity index (χ0) is 14.9. The van der Waals surface area contributed by atoms with Crippen LogP contribution in [0.1, 0.15) is 35.2 Å². The van der Waals surface area contributed by atoms with E-state index >= 15 is 0 Å². The average molecular weight is 291 g/mol. The molecule has 1 aromatic heterocycles. The van der Waals surface area contributed by atoms with E-state index < -0.39 is 0 Å². The Labute approximate surface area is 129 Å². The molecule has 0 saturated heterocycles. The number of anilines is 1. The first-order valence-electron chi connectivity index (χ1n) is 7.47. The van der Waals surface area contributed by atoms with Gasteiger partial charge in [-0.3, -0.25) is 0 Å². The van der Waals surface area contributed by atoms with Gasteiger partial charge in [-0.2, -0.15) is 0 Å². The van der Waals surface area contributed by atoms with E-state index in [0.717, 1.165) is 12.4 Å². The van der Waals surface area contributed by atoms with E-state index in [1.807, 2.05) is 10.7 Å². The molecule has 5 heteroatoms. The summed E-state index contributed by atoms with van der Waals surface area (Å²) in [4.78, 5) is 0. The second-order valence-corrected chi connectivity index (χ2v) is 5.72. The highest BCUT2D eigenvalue weighted by Gasteiger charge is 2.30. The molecule has 0 bridgehead atoms. The van der Waals surface area contributed by atoms with Gasteiger partial charge in [0.05, 0.1) is 12.1 Å². The number of nitrogens with zero attached hydrogens (tertiary/aromatic N) is 4. The fourth-order valence-electron chi connectivity index (χ4n) is 3.01. The third-order valence-corrected chi connectivity index (χ3v) is 4.21. The summed E-state index contributed by atoms with van der Waals surface area (Å²) in [7, 11) is 0. The van der Waals surface area contributed by atoms with Crippen molar-refractivity contribution in [2.75, 3.05) is 5.32 Å². The zero-order valence-electron chi connectivity index (χ0n) is 12.3. The number of rotatable bonds is 2. The average Bonchev–Trinajstić information content (AvgIpc) is 3.04. The summed E-state index contributed by atoms with van der Waals surface area (Å²) in [6, 6.07) is 19.4. The van der Waals surface area contributed by atoms with Gasteiger partial charge in [0.25, 0.3) is 0 Å². The van der Waals surface area contributed by atoms with E-state index in [2.05, 4.69) is 76.3 Å². The minimum atomic E-state index is 0.152. The van der Waals surface area contributed by atoms with Crippen LogP contribution in [0.15, 0.2) is 54.6 Å². The predicted octanol–water partition coefficient (Wildman–Crippen LogP) is 3.13. The zero-order valence-corrected chi connectivity index (χ0v) is 12.3. The minimum absolute atomic E-state index is 0.152. The Morgan fingerprint density at radius 3 is 2.55 bits per heavy atom. The van der Waals surface area contributed by atoms with Crippen LogP contribution in [0.4, 0.5) is 5.95 Å². The summed E-state index contributed by atoms with van der Waals surface area (Å²) in [5, 5.41) is 15.5. The van der Waals surface area contributed by atoms with Crippen LogP contribution in [0.3, 0.4) is 0 Å². The minimum Gasteiger partial charge on any atom is -0.346 e. The van der Waals surface area contributed by atoms with Gasteiger partial charge in [0.2, 0.25) is 5.95 Å². The Morgan fingerprint density at radius 2 is 1.77 bits per heavy atom. The molecular weight excluding hydrogens is 274 g/mol. The lowest BCUT2D eigenvalue weighted by molar-refractivity contribution is 0.424. The highest BCUT2D eigenvalue weighted by atomic mass is 15.6. The molecule has 1 aliphatic rings. The van der Waals surface area contributed by atoms with Crippen LogP contribution in [0.2, 0.25) is 0 Å². The van der Waals surface area contributed by atoms with Crippen LogP contribution >= 0.6 is 0 Å². The van der Waals surface area contributed by atoms with Gasteiger partial charge in [0.15, 0.2) is 0 Å². The van der Waals surface area contributed by atoms with E-state index in [1.165, 1.54) is 16.7 Å². The van der Waals surface area contributed by atoms with E-state index in [9.17, 15) is 0 Å². The number of hydrogen-bond donors (Lipinski definition) is 1. The molecule has 2 heterocycles. The maximum Gasteiger partial charge on any atom is 0.243 e. The summed E-state index contributed by atoms with van der Waals surface area (Å²) in [6.45, 7) is 2.10. The molecule has 3 aromatic rings. The summed E-state index contributed by atoms with van der Waals surface area (Å²) in [5.41, 5.74) is 3.76. The lowest BCUT2D eigenvalue weighted by atomic mass is 9.93. The number of hydrogen-bond acceptors (Lipinski definition) is 4. The molecule has 2 atom stereocenters. The molecule has 0 spiro atoms. The molecule has 1 aliphatic heterocycles. The Kier molecular flexibility index (Phi) is 3.11. The second kappa shape index (κ2) is 5.26. The first-order valence-corrected chi connectivity index (χ1v) is 7.47. The smallest absolute Gasteiger partial charge is 0.243 e. The van der Waals surface area contributed by atoms with Gasteiger partial charge < -0.3 is 5.32 Å². The third kappa shape index (κ3) is 2.24. The fourth-order valence-corrected chi connectivity index (χ4v) is 3.01. The fraction of sp³-hybridized carbons (Fsp3) is 0.235. The van der Waals surface area contributed by atoms with Crippen molar-refractivity contribution < 1.29 is 0 Å². The molecule has 2 aromatic carbocycles. The van der Waals surface area contributed by atoms with Crippen LogP contribution in [-0.4, -0.2) is 20.2 Å². The van der Waals surface area contributed by atoms with Crippen molar-refractivity contribution >= 4 is 5.95 Å². The van der Waals surface area contributed by atoms with E-state index in [-0.39, 0.29) is 12.1 Å². The van der Waals surface area contributed by atoms with Crippen molar-refractivity contribution in [2.45, 2.75) is 25.4 Å². The molecule has 1 N–H and O–H groups in total. The van der Waals surface area contributed by atoms with Gasteiger partial charge in [-0.15, -0.1) is 0 Å². The van der Waals surface area contributed by atoms with Crippen molar-refractivity contribution in [2.24, 2.45) is 0 Å². The van der Waals surface area contributed by atoms with Crippen molar-refractivity contribution in [3.8, 4) is 0 Å². The number of nitrogens with one attached hydrogen (secondary N) is 1. The molecule has 0 fully saturated rings. The van der Waals surface area contributed by atoms with Crippen LogP contribution in [0, 0.1) is 6.92 Å². The van der Waals surface area contributed by atoms with Gasteiger partial charge >= 0.3 is 0 Å². The predicted molar refractivity (Wildman–Crippen MR) is 84.6 cm³/mol. The van der Waals surface area contributed by atoms with Crippen molar-refractivity contribution in [3.63, 3.8) is 0 Å². The highest BCUT2D eigenvalue weighted by molar-refractivity contribution is 5.38.